The Balaban J connectivity index is 1.84. The Morgan fingerprint density at radius 1 is 1.05 bits per heavy atom. The number of rotatable bonds is 1. The van der Waals surface area contributed by atoms with Gasteiger partial charge in [-0.05, 0) is 42.2 Å². The van der Waals surface area contributed by atoms with E-state index < -0.39 is 0 Å². The molecule has 2 aromatic carbocycles. The van der Waals surface area contributed by atoms with Crippen molar-refractivity contribution in [3.8, 4) is 5.75 Å². The van der Waals surface area contributed by atoms with Crippen molar-refractivity contribution in [2.45, 2.75) is 18.4 Å². The lowest BCUT2D eigenvalue weighted by molar-refractivity contribution is 0.415. The number of benzene rings is 2. The SMILES string of the molecule is Oc1ccc(Cl)c2c1N[C@H](c1ccc(Cl)cc1)[C@@H]1CC=C[C@@H]21. The number of nitrogens with one attached hydrogen (secondary N) is 1. The van der Waals surface area contributed by atoms with Gasteiger partial charge in [0.15, 0.2) is 0 Å². The first kappa shape index (κ1) is 14.0. The average Bonchev–Trinajstić information content (AvgIpc) is 3.00. The molecule has 0 saturated carbocycles. The maximum atomic E-state index is 10.2. The van der Waals surface area contributed by atoms with Gasteiger partial charge in [-0.15, -0.1) is 0 Å². The van der Waals surface area contributed by atoms with E-state index in [0.29, 0.717) is 10.9 Å². The first-order chi connectivity index (χ1) is 10.6. The van der Waals surface area contributed by atoms with Gasteiger partial charge >= 0.3 is 0 Å². The van der Waals surface area contributed by atoms with Gasteiger partial charge in [0, 0.05) is 21.5 Å². The van der Waals surface area contributed by atoms with Crippen LogP contribution in [-0.4, -0.2) is 5.11 Å². The smallest absolute Gasteiger partial charge is 0.139 e. The van der Waals surface area contributed by atoms with Crippen LogP contribution in [0.25, 0.3) is 0 Å². The van der Waals surface area contributed by atoms with Gasteiger partial charge in [0.05, 0.1) is 11.7 Å². The van der Waals surface area contributed by atoms with E-state index in [2.05, 4.69) is 17.5 Å². The first-order valence-electron chi connectivity index (χ1n) is 7.35. The normalized spacial score (nSPS) is 25.5. The molecule has 2 aliphatic rings. The topological polar surface area (TPSA) is 32.3 Å². The second kappa shape index (κ2) is 5.22. The maximum Gasteiger partial charge on any atom is 0.139 e. The number of fused-ring (bicyclic) bond motifs is 3. The first-order valence-corrected chi connectivity index (χ1v) is 8.11. The molecule has 22 heavy (non-hydrogen) atoms. The Bertz CT molecular complexity index is 754. The third kappa shape index (κ3) is 2.10. The Morgan fingerprint density at radius 3 is 2.59 bits per heavy atom. The van der Waals surface area contributed by atoms with E-state index in [1.807, 2.05) is 24.3 Å². The summed E-state index contributed by atoms with van der Waals surface area (Å²) in [7, 11) is 0. The molecule has 0 saturated heterocycles. The molecular weight excluding hydrogens is 317 g/mol. The molecule has 3 atom stereocenters. The quantitative estimate of drug-likeness (QED) is 0.532. The zero-order valence-electron chi connectivity index (χ0n) is 11.8. The summed E-state index contributed by atoms with van der Waals surface area (Å²) in [5.74, 6) is 0.876. The second-order valence-electron chi connectivity index (χ2n) is 5.88. The molecule has 0 fully saturated rings. The number of hydrogen-bond acceptors (Lipinski definition) is 2. The molecule has 0 bridgehead atoms. The van der Waals surface area contributed by atoms with Crippen molar-refractivity contribution in [3.63, 3.8) is 0 Å². The Kier molecular flexibility index (Phi) is 3.32. The molecule has 0 radical (unpaired) electrons. The number of anilines is 1. The summed E-state index contributed by atoms with van der Waals surface area (Å²) in [5, 5.41) is 15.2. The van der Waals surface area contributed by atoms with Crippen molar-refractivity contribution in [3.05, 3.63) is 69.7 Å². The number of phenolic OH excluding ortho intramolecular Hbond substituents is 1. The van der Waals surface area contributed by atoms with Crippen molar-refractivity contribution in [1.29, 1.82) is 0 Å². The van der Waals surface area contributed by atoms with Gasteiger partial charge in [-0.3, -0.25) is 0 Å². The molecule has 2 nitrogen and oxygen atoms in total. The summed E-state index contributed by atoms with van der Waals surface area (Å²) in [6.07, 6.45) is 5.41. The van der Waals surface area contributed by atoms with E-state index in [-0.39, 0.29) is 17.7 Å². The van der Waals surface area contributed by atoms with Crippen molar-refractivity contribution < 1.29 is 5.11 Å². The Morgan fingerprint density at radius 2 is 1.82 bits per heavy atom. The number of hydrogen-bond donors (Lipinski definition) is 2. The molecule has 1 heterocycles. The molecular formula is C18H15Cl2NO. The van der Waals surface area contributed by atoms with Crippen molar-refractivity contribution in [2.75, 3.05) is 5.32 Å². The highest BCUT2D eigenvalue weighted by Crippen LogP contribution is 2.54. The van der Waals surface area contributed by atoms with Gasteiger partial charge in [0.25, 0.3) is 0 Å². The van der Waals surface area contributed by atoms with Crippen LogP contribution in [0, 0.1) is 5.92 Å². The minimum Gasteiger partial charge on any atom is -0.506 e. The molecule has 2 N–H and O–H groups in total. The zero-order valence-corrected chi connectivity index (χ0v) is 13.3. The van der Waals surface area contributed by atoms with Gasteiger partial charge in [-0.25, -0.2) is 0 Å². The Labute approximate surface area is 139 Å². The number of aromatic hydroxyl groups is 1. The fourth-order valence-corrected chi connectivity index (χ4v) is 4.06. The van der Waals surface area contributed by atoms with Crippen LogP contribution in [0.5, 0.6) is 5.75 Å². The van der Waals surface area contributed by atoms with Crippen molar-refractivity contribution >= 4 is 28.9 Å². The predicted molar refractivity (Wildman–Crippen MR) is 90.9 cm³/mol. The molecule has 112 valence electrons. The van der Waals surface area contributed by atoms with E-state index in [0.717, 1.165) is 22.7 Å². The lowest BCUT2D eigenvalue weighted by Crippen LogP contribution is -2.29. The summed E-state index contributed by atoms with van der Waals surface area (Å²) < 4.78 is 0. The highest BCUT2D eigenvalue weighted by molar-refractivity contribution is 6.32. The molecule has 0 unspecified atom stereocenters. The molecule has 0 amide bonds. The maximum absolute atomic E-state index is 10.2. The molecule has 0 aromatic heterocycles. The number of phenols is 1. The lowest BCUT2D eigenvalue weighted by atomic mass is 9.77. The van der Waals surface area contributed by atoms with E-state index in [9.17, 15) is 5.11 Å². The van der Waals surface area contributed by atoms with Gasteiger partial charge in [0.2, 0.25) is 0 Å². The third-order valence-electron chi connectivity index (χ3n) is 4.67. The van der Waals surface area contributed by atoms with Crippen LogP contribution in [0.3, 0.4) is 0 Å². The van der Waals surface area contributed by atoms with Crippen molar-refractivity contribution in [2.24, 2.45) is 5.92 Å². The van der Waals surface area contributed by atoms with E-state index in [1.54, 1.807) is 12.1 Å². The molecule has 4 heteroatoms. The summed E-state index contributed by atoms with van der Waals surface area (Å²) in [4.78, 5) is 0. The zero-order chi connectivity index (χ0) is 15.3. The van der Waals surface area contributed by atoms with E-state index >= 15 is 0 Å². The summed E-state index contributed by atoms with van der Waals surface area (Å²) >= 11 is 12.4. The molecule has 4 rings (SSSR count). The second-order valence-corrected chi connectivity index (χ2v) is 6.73. The van der Waals surface area contributed by atoms with Crippen LogP contribution in [0.2, 0.25) is 10.0 Å². The summed E-state index contributed by atoms with van der Waals surface area (Å²) in [6.45, 7) is 0. The van der Waals surface area contributed by atoms with Gasteiger partial charge in [-0.1, -0.05) is 47.5 Å². The molecule has 1 aliphatic carbocycles. The van der Waals surface area contributed by atoms with Gasteiger partial charge < -0.3 is 10.4 Å². The van der Waals surface area contributed by atoms with Crippen LogP contribution < -0.4 is 5.32 Å². The summed E-state index contributed by atoms with van der Waals surface area (Å²) in [6, 6.07) is 11.4. The lowest BCUT2D eigenvalue weighted by Gasteiger charge is -2.38. The monoisotopic (exact) mass is 331 g/mol. The Hall–Kier alpha value is -1.64. The predicted octanol–water partition coefficient (Wildman–Crippen LogP) is 5.53. The van der Waals surface area contributed by atoms with Gasteiger partial charge in [-0.2, -0.15) is 0 Å². The minimum absolute atomic E-state index is 0.133. The van der Waals surface area contributed by atoms with Crippen LogP contribution >= 0.6 is 23.2 Å². The van der Waals surface area contributed by atoms with Crippen LogP contribution in [0.1, 0.15) is 29.5 Å². The van der Waals surface area contributed by atoms with Crippen molar-refractivity contribution in [1.82, 2.24) is 0 Å². The number of halogens is 2. The summed E-state index contributed by atoms with van der Waals surface area (Å²) in [5.41, 5.74) is 2.93. The highest BCUT2D eigenvalue weighted by Gasteiger charge is 2.40. The average molecular weight is 332 g/mol. The largest absolute Gasteiger partial charge is 0.506 e. The minimum atomic E-state index is 0.133. The third-order valence-corrected chi connectivity index (χ3v) is 5.26. The molecule has 1 aliphatic heterocycles. The molecule has 0 spiro atoms. The van der Waals surface area contributed by atoms with E-state index in [1.165, 1.54) is 5.56 Å². The standard InChI is InChI=1S/C18H15Cl2NO/c19-11-6-4-10(5-7-11)17-13-3-1-2-12(13)16-14(20)8-9-15(22)18(16)21-17/h1-2,4-9,12-13,17,21-22H,3H2/t12-,13-,17-/m1/s1. The van der Waals surface area contributed by atoms with E-state index in [4.69, 9.17) is 23.2 Å². The van der Waals surface area contributed by atoms with Crippen LogP contribution in [0.4, 0.5) is 5.69 Å². The number of allylic oxidation sites excluding steroid dienone is 2. The van der Waals surface area contributed by atoms with Crippen LogP contribution in [-0.2, 0) is 0 Å². The molecule has 2 aromatic rings. The van der Waals surface area contributed by atoms with Crippen LogP contribution in [0.15, 0.2) is 48.6 Å². The fraction of sp³-hybridized carbons (Fsp3) is 0.222. The van der Waals surface area contributed by atoms with Gasteiger partial charge in [0.1, 0.15) is 5.75 Å². The highest BCUT2D eigenvalue weighted by atomic mass is 35.5. The fourth-order valence-electron chi connectivity index (χ4n) is 3.65.